The van der Waals surface area contributed by atoms with E-state index in [9.17, 15) is 0 Å². The molecule has 0 bridgehead atoms. The molecule has 1 saturated heterocycles. The van der Waals surface area contributed by atoms with Gasteiger partial charge in [0.05, 0.1) is 12.2 Å². The van der Waals surface area contributed by atoms with Gasteiger partial charge in [0.2, 0.25) is 0 Å². The van der Waals surface area contributed by atoms with Crippen LogP contribution in [0, 0.1) is 0 Å². The van der Waals surface area contributed by atoms with E-state index in [1.54, 1.807) is 0 Å². The SMILES string of the molecule is CCCCCCCC[C@@H]1CC[C@@H](CI)O1. The van der Waals surface area contributed by atoms with Gasteiger partial charge < -0.3 is 4.74 Å². The Hall–Kier alpha value is 0.690. The fourth-order valence-electron chi connectivity index (χ4n) is 2.26. The maximum atomic E-state index is 5.93. The van der Waals surface area contributed by atoms with E-state index in [2.05, 4.69) is 29.5 Å². The molecule has 0 aromatic rings. The molecule has 0 unspecified atom stereocenters. The zero-order chi connectivity index (χ0) is 10.9. The van der Waals surface area contributed by atoms with Crippen LogP contribution in [0.15, 0.2) is 0 Å². The fourth-order valence-corrected chi connectivity index (χ4v) is 2.91. The summed E-state index contributed by atoms with van der Waals surface area (Å²) in [6.45, 7) is 2.27. The minimum absolute atomic E-state index is 0.565. The largest absolute Gasteiger partial charge is 0.374 e. The number of alkyl halides is 1. The molecular formula is C13H25IO. The number of rotatable bonds is 8. The maximum Gasteiger partial charge on any atom is 0.0669 e. The summed E-state index contributed by atoms with van der Waals surface area (Å²) in [5.74, 6) is 0. The molecule has 0 saturated carbocycles. The van der Waals surface area contributed by atoms with E-state index >= 15 is 0 Å². The minimum Gasteiger partial charge on any atom is -0.374 e. The van der Waals surface area contributed by atoms with Crippen molar-refractivity contribution < 1.29 is 4.74 Å². The molecule has 0 aromatic carbocycles. The Morgan fingerprint density at radius 1 is 1.00 bits per heavy atom. The third-order valence-electron chi connectivity index (χ3n) is 3.25. The van der Waals surface area contributed by atoms with Crippen LogP contribution in [0.5, 0.6) is 0 Å². The molecule has 1 aliphatic rings. The molecule has 0 N–H and O–H groups in total. The van der Waals surface area contributed by atoms with E-state index in [1.807, 2.05) is 0 Å². The van der Waals surface area contributed by atoms with Crippen LogP contribution in [-0.4, -0.2) is 16.6 Å². The lowest BCUT2D eigenvalue weighted by molar-refractivity contribution is 0.0534. The molecule has 1 fully saturated rings. The van der Waals surface area contributed by atoms with E-state index in [0.717, 1.165) is 0 Å². The molecule has 0 spiro atoms. The number of ether oxygens (including phenoxy) is 1. The minimum atomic E-state index is 0.565. The van der Waals surface area contributed by atoms with Crippen molar-refractivity contribution in [2.24, 2.45) is 0 Å². The molecule has 1 heterocycles. The van der Waals surface area contributed by atoms with Gasteiger partial charge in [-0.25, -0.2) is 0 Å². The van der Waals surface area contributed by atoms with Gasteiger partial charge in [0.15, 0.2) is 0 Å². The summed E-state index contributed by atoms with van der Waals surface area (Å²) in [4.78, 5) is 0. The predicted octanol–water partition coefficient (Wildman–Crippen LogP) is 4.72. The summed E-state index contributed by atoms with van der Waals surface area (Å²) in [6.07, 6.45) is 13.5. The van der Waals surface area contributed by atoms with E-state index in [4.69, 9.17) is 4.74 Å². The predicted molar refractivity (Wildman–Crippen MR) is 74.8 cm³/mol. The maximum absolute atomic E-state index is 5.93. The highest BCUT2D eigenvalue weighted by atomic mass is 127. The lowest BCUT2D eigenvalue weighted by atomic mass is 10.1. The highest BCUT2D eigenvalue weighted by molar-refractivity contribution is 14.1. The first kappa shape index (κ1) is 13.8. The van der Waals surface area contributed by atoms with E-state index in [0.29, 0.717) is 12.2 Å². The molecule has 1 rings (SSSR count). The third kappa shape index (κ3) is 6.10. The summed E-state index contributed by atoms with van der Waals surface area (Å²) >= 11 is 2.43. The number of halogens is 1. The second kappa shape index (κ2) is 8.80. The van der Waals surface area contributed by atoms with Crippen LogP contribution in [0.3, 0.4) is 0 Å². The van der Waals surface area contributed by atoms with Gasteiger partial charge in [-0.3, -0.25) is 0 Å². The van der Waals surface area contributed by atoms with Gasteiger partial charge in [-0.15, -0.1) is 0 Å². The first-order valence-corrected chi connectivity index (χ1v) is 8.10. The van der Waals surface area contributed by atoms with Gasteiger partial charge in [0.25, 0.3) is 0 Å². The first-order chi connectivity index (χ1) is 7.36. The van der Waals surface area contributed by atoms with Crippen LogP contribution in [0.25, 0.3) is 0 Å². The Labute approximate surface area is 108 Å². The van der Waals surface area contributed by atoms with Crippen LogP contribution in [0.4, 0.5) is 0 Å². The average molecular weight is 324 g/mol. The molecule has 2 atom stereocenters. The Balaban J connectivity index is 1.88. The van der Waals surface area contributed by atoms with Crippen LogP contribution in [0.2, 0.25) is 0 Å². The van der Waals surface area contributed by atoms with Crippen molar-refractivity contribution in [2.75, 3.05) is 4.43 Å². The quantitative estimate of drug-likeness (QED) is 0.357. The molecule has 15 heavy (non-hydrogen) atoms. The Kier molecular flexibility index (Phi) is 8.07. The molecule has 0 radical (unpaired) electrons. The summed E-state index contributed by atoms with van der Waals surface area (Å²) in [5.41, 5.74) is 0. The van der Waals surface area contributed by atoms with Crippen molar-refractivity contribution >= 4 is 22.6 Å². The van der Waals surface area contributed by atoms with Crippen LogP contribution >= 0.6 is 22.6 Å². The van der Waals surface area contributed by atoms with Crippen molar-refractivity contribution in [1.82, 2.24) is 0 Å². The lowest BCUT2D eigenvalue weighted by Crippen LogP contribution is -2.11. The molecule has 0 aliphatic carbocycles. The van der Waals surface area contributed by atoms with Crippen LogP contribution in [0.1, 0.15) is 64.7 Å². The monoisotopic (exact) mass is 324 g/mol. The number of unbranched alkanes of at least 4 members (excludes halogenated alkanes) is 5. The third-order valence-corrected chi connectivity index (χ3v) is 4.23. The zero-order valence-electron chi connectivity index (χ0n) is 10.0. The molecule has 0 aromatic heterocycles. The second-order valence-corrected chi connectivity index (χ2v) is 5.55. The highest BCUT2D eigenvalue weighted by Gasteiger charge is 2.23. The van der Waals surface area contributed by atoms with E-state index in [-0.39, 0.29) is 0 Å². The summed E-state index contributed by atoms with van der Waals surface area (Å²) in [6, 6.07) is 0. The van der Waals surface area contributed by atoms with Crippen LogP contribution in [-0.2, 0) is 4.74 Å². The van der Waals surface area contributed by atoms with Gasteiger partial charge in [-0.1, -0.05) is 68.0 Å². The van der Waals surface area contributed by atoms with Crippen molar-refractivity contribution in [3.8, 4) is 0 Å². The summed E-state index contributed by atoms with van der Waals surface area (Å²) in [7, 11) is 0. The van der Waals surface area contributed by atoms with E-state index < -0.39 is 0 Å². The summed E-state index contributed by atoms with van der Waals surface area (Å²) < 4.78 is 7.10. The van der Waals surface area contributed by atoms with Crippen molar-refractivity contribution in [3.05, 3.63) is 0 Å². The van der Waals surface area contributed by atoms with Crippen molar-refractivity contribution in [2.45, 2.75) is 76.9 Å². The molecule has 1 nitrogen and oxygen atoms in total. The first-order valence-electron chi connectivity index (χ1n) is 6.58. The molecular weight excluding hydrogens is 299 g/mol. The average Bonchev–Trinajstić information content (AvgIpc) is 2.71. The normalized spacial score (nSPS) is 26.0. The molecule has 1 aliphatic heterocycles. The molecule has 90 valence electrons. The zero-order valence-corrected chi connectivity index (χ0v) is 12.2. The second-order valence-electron chi connectivity index (χ2n) is 4.67. The summed E-state index contributed by atoms with van der Waals surface area (Å²) in [5, 5.41) is 0. The van der Waals surface area contributed by atoms with Crippen LogP contribution < -0.4 is 0 Å². The number of hydrogen-bond donors (Lipinski definition) is 0. The molecule has 0 amide bonds. The highest BCUT2D eigenvalue weighted by Crippen LogP contribution is 2.25. The fraction of sp³-hybridized carbons (Fsp3) is 1.00. The lowest BCUT2D eigenvalue weighted by Gasteiger charge is -2.11. The van der Waals surface area contributed by atoms with Crippen molar-refractivity contribution in [3.63, 3.8) is 0 Å². The van der Waals surface area contributed by atoms with Gasteiger partial charge >= 0.3 is 0 Å². The number of hydrogen-bond acceptors (Lipinski definition) is 1. The van der Waals surface area contributed by atoms with Gasteiger partial charge in [0, 0.05) is 4.43 Å². The standard InChI is InChI=1S/C13H25IO/c1-2-3-4-5-6-7-8-12-9-10-13(11-14)15-12/h12-13H,2-11H2,1H3/t12-,13+/m1/s1. The van der Waals surface area contributed by atoms with Crippen molar-refractivity contribution in [1.29, 1.82) is 0 Å². The Morgan fingerprint density at radius 3 is 2.33 bits per heavy atom. The van der Waals surface area contributed by atoms with E-state index in [1.165, 1.54) is 62.2 Å². The Bertz CT molecular complexity index is 149. The van der Waals surface area contributed by atoms with Gasteiger partial charge in [0.1, 0.15) is 0 Å². The topological polar surface area (TPSA) is 9.23 Å². The van der Waals surface area contributed by atoms with Gasteiger partial charge in [-0.05, 0) is 19.3 Å². The molecule has 2 heteroatoms. The smallest absolute Gasteiger partial charge is 0.0669 e. The Morgan fingerprint density at radius 2 is 1.67 bits per heavy atom. The van der Waals surface area contributed by atoms with Gasteiger partial charge in [-0.2, -0.15) is 0 Å².